The highest BCUT2D eigenvalue weighted by atomic mass is 35.5. The summed E-state index contributed by atoms with van der Waals surface area (Å²) in [4.78, 5) is 18.4. The van der Waals surface area contributed by atoms with Gasteiger partial charge in [-0.25, -0.2) is 18.1 Å². The molecule has 0 aliphatic carbocycles. The Labute approximate surface area is 219 Å². The van der Waals surface area contributed by atoms with Crippen LogP contribution >= 0.6 is 23.2 Å². The lowest BCUT2D eigenvalue weighted by Gasteiger charge is -2.13. The smallest absolute Gasteiger partial charge is 0.256 e. The first-order valence-corrected chi connectivity index (χ1v) is 14.2. The molecule has 0 saturated carbocycles. The van der Waals surface area contributed by atoms with E-state index < -0.39 is 9.84 Å². The van der Waals surface area contributed by atoms with E-state index in [2.05, 4.69) is 17.3 Å². The average molecular weight is 543 g/mol. The van der Waals surface area contributed by atoms with Crippen LogP contribution < -0.4 is 5.32 Å². The number of amides is 1. The van der Waals surface area contributed by atoms with Crippen molar-refractivity contribution in [3.8, 4) is 11.3 Å². The monoisotopic (exact) mass is 542 g/mol. The lowest BCUT2D eigenvalue weighted by molar-refractivity contribution is 0.102. The molecule has 2 aromatic carbocycles. The van der Waals surface area contributed by atoms with Gasteiger partial charge in [0.15, 0.2) is 15.5 Å². The predicted octanol–water partition coefficient (Wildman–Crippen LogP) is 5.89. The van der Waals surface area contributed by atoms with Crippen molar-refractivity contribution < 1.29 is 13.2 Å². The number of benzene rings is 2. The third kappa shape index (κ3) is 4.73. The van der Waals surface area contributed by atoms with Gasteiger partial charge in [0.05, 0.1) is 49.9 Å². The van der Waals surface area contributed by atoms with Crippen LogP contribution in [0.4, 0.5) is 5.69 Å². The normalized spacial score (nSPS) is 16.9. The molecule has 186 valence electrons. The van der Waals surface area contributed by atoms with E-state index >= 15 is 0 Å². The molecule has 0 radical (unpaired) electrons. The highest BCUT2D eigenvalue weighted by molar-refractivity contribution is 7.91. The molecule has 36 heavy (non-hydrogen) atoms. The van der Waals surface area contributed by atoms with Crippen LogP contribution in [0.1, 0.15) is 41.0 Å². The van der Waals surface area contributed by atoms with Crippen molar-refractivity contribution in [2.45, 2.75) is 32.7 Å². The second-order valence-electron chi connectivity index (χ2n) is 8.97. The van der Waals surface area contributed by atoms with Crippen LogP contribution in [0.5, 0.6) is 0 Å². The summed E-state index contributed by atoms with van der Waals surface area (Å²) in [6, 6.07) is 14.3. The first kappa shape index (κ1) is 24.7. The number of carbonyl (C=O) groups excluding carboxylic acids is 1. The minimum absolute atomic E-state index is 0.00509. The van der Waals surface area contributed by atoms with Crippen LogP contribution in [0.3, 0.4) is 0 Å². The van der Waals surface area contributed by atoms with Gasteiger partial charge in [-0.15, -0.1) is 0 Å². The number of rotatable bonds is 5. The summed E-state index contributed by atoms with van der Waals surface area (Å²) in [6.45, 7) is 3.89. The maximum Gasteiger partial charge on any atom is 0.256 e. The van der Waals surface area contributed by atoms with Gasteiger partial charge in [-0.05, 0) is 49.6 Å². The van der Waals surface area contributed by atoms with Crippen LogP contribution in [0.15, 0.2) is 48.5 Å². The summed E-state index contributed by atoms with van der Waals surface area (Å²) < 4.78 is 26.1. The number of halogens is 2. The molecular weight excluding hydrogens is 519 g/mol. The molecule has 7 nitrogen and oxygen atoms in total. The van der Waals surface area contributed by atoms with Gasteiger partial charge < -0.3 is 5.32 Å². The number of aryl methyl sites for hydroxylation is 2. The van der Waals surface area contributed by atoms with Gasteiger partial charge in [-0.2, -0.15) is 5.10 Å². The number of aromatic nitrogens is 3. The number of anilines is 1. The minimum Gasteiger partial charge on any atom is -0.322 e. The van der Waals surface area contributed by atoms with E-state index in [1.54, 1.807) is 35.9 Å². The Hall–Kier alpha value is -2.94. The van der Waals surface area contributed by atoms with Gasteiger partial charge in [-0.1, -0.05) is 54.4 Å². The lowest BCUT2D eigenvalue weighted by Crippen LogP contribution is -2.15. The van der Waals surface area contributed by atoms with Crippen molar-refractivity contribution in [1.82, 2.24) is 14.8 Å². The molecule has 1 fully saturated rings. The predicted molar refractivity (Wildman–Crippen MR) is 144 cm³/mol. The maximum absolute atomic E-state index is 13.5. The Morgan fingerprint density at radius 3 is 2.50 bits per heavy atom. The van der Waals surface area contributed by atoms with Gasteiger partial charge in [0.2, 0.25) is 0 Å². The Kier molecular flexibility index (Phi) is 6.53. The van der Waals surface area contributed by atoms with Gasteiger partial charge >= 0.3 is 0 Å². The highest BCUT2D eigenvalue weighted by Gasteiger charge is 2.32. The highest BCUT2D eigenvalue weighted by Crippen LogP contribution is 2.33. The fourth-order valence-corrected chi connectivity index (χ4v) is 6.54. The summed E-state index contributed by atoms with van der Waals surface area (Å²) in [6.07, 6.45) is 1.37. The van der Waals surface area contributed by atoms with Crippen LogP contribution in [-0.4, -0.2) is 40.6 Å². The largest absolute Gasteiger partial charge is 0.322 e. The fourth-order valence-electron chi connectivity index (χ4n) is 4.55. The molecule has 1 N–H and O–H groups in total. The Morgan fingerprint density at radius 2 is 1.86 bits per heavy atom. The first-order valence-electron chi connectivity index (χ1n) is 11.6. The second kappa shape index (κ2) is 9.50. The number of hydrogen-bond donors (Lipinski definition) is 1. The van der Waals surface area contributed by atoms with Crippen molar-refractivity contribution in [2.24, 2.45) is 0 Å². The molecule has 10 heteroatoms. The molecule has 1 amide bonds. The molecular formula is C26H24Cl2N4O3S. The molecule has 0 bridgehead atoms. The average Bonchev–Trinajstić information content (AvgIpc) is 3.39. The molecule has 4 aromatic rings. The van der Waals surface area contributed by atoms with Crippen molar-refractivity contribution in [3.63, 3.8) is 0 Å². The number of sulfone groups is 1. The number of hydrogen-bond acceptors (Lipinski definition) is 5. The number of fused-ring (bicyclic) bond motifs is 1. The van der Waals surface area contributed by atoms with E-state index in [-0.39, 0.29) is 23.5 Å². The molecule has 1 unspecified atom stereocenters. The standard InChI is InChI=1S/C26H24Cl2N4O3S/c1-3-16-4-6-17(7-5-16)23-13-20(26(33)29-18-8-9-21(27)22(28)12-18)24-15(2)31-32(25(24)30-23)19-10-11-36(34,35)14-19/h4-9,12-13,19H,3,10-11,14H2,1-2H3,(H,29,33). The van der Waals surface area contributed by atoms with Gasteiger partial charge in [0.25, 0.3) is 5.91 Å². The van der Waals surface area contributed by atoms with E-state index in [1.807, 2.05) is 24.3 Å². The second-order valence-corrected chi connectivity index (χ2v) is 12.0. The fraction of sp³-hybridized carbons (Fsp3) is 0.269. The van der Waals surface area contributed by atoms with Crippen LogP contribution in [0, 0.1) is 6.92 Å². The molecule has 3 heterocycles. The molecule has 1 aliphatic heterocycles. The van der Waals surface area contributed by atoms with Crippen molar-refractivity contribution >= 4 is 55.7 Å². The summed E-state index contributed by atoms with van der Waals surface area (Å²) in [5.74, 6) is -0.236. The SMILES string of the molecule is CCc1ccc(-c2cc(C(=O)Nc3ccc(Cl)c(Cl)c3)c3c(C)nn(C4CCS(=O)(=O)C4)c3n2)cc1. The molecule has 2 aromatic heterocycles. The number of pyridine rings is 1. The number of nitrogens with one attached hydrogen (secondary N) is 1. The number of carbonyl (C=O) groups is 1. The van der Waals surface area contributed by atoms with E-state index in [1.165, 1.54) is 5.56 Å². The minimum atomic E-state index is -3.14. The molecule has 5 rings (SSSR count). The number of nitrogens with zero attached hydrogens (tertiary/aromatic N) is 3. The quantitative estimate of drug-likeness (QED) is 0.339. The van der Waals surface area contributed by atoms with E-state index in [4.69, 9.17) is 28.2 Å². The zero-order valence-corrected chi connectivity index (χ0v) is 22.1. The van der Waals surface area contributed by atoms with Crippen LogP contribution in [0.2, 0.25) is 10.0 Å². The lowest BCUT2D eigenvalue weighted by atomic mass is 10.0. The van der Waals surface area contributed by atoms with Crippen molar-refractivity contribution in [3.05, 3.63) is 75.4 Å². The van der Waals surface area contributed by atoms with E-state index in [0.717, 1.165) is 12.0 Å². The first-order chi connectivity index (χ1) is 17.1. The molecule has 1 aliphatic rings. The zero-order valence-electron chi connectivity index (χ0n) is 19.8. The zero-order chi connectivity index (χ0) is 25.6. The van der Waals surface area contributed by atoms with Gasteiger partial charge in [-0.3, -0.25) is 4.79 Å². The summed E-state index contributed by atoms with van der Waals surface area (Å²) in [5.41, 5.74) is 4.63. The molecule has 1 saturated heterocycles. The molecule has 1 atom stereocenters. The third-order valence-corrected chi connectivity index (χ3v) is 8.96. The molecule has 0 spiro atoms. The summed E-state index contributed by atoms with van der Waals surface area (Å²) in [5, 5.41) is 8.85. The van der Waals surface area contributed by atoms with Gasteiger partial charge in [0.1, 0.15) is 0 Å². The maximum atomic E-state index is 13.5. The van der Waals surface area contributed by atoms with Crippen LogP contribution in [0.25, 0.3) is 22.3 Å². The topological polar surface area (TPSA) is 94.0 Å². The van der Waals surface area contributed by atoms with Crippen molar-refractivity contribution in [2.75, 3.05) is 16.8 Å². The van der Waals surface area contributed by atoms with E-state index in [0.29, 0.717) is 50.1 Å². The van der Waals surface area contributed by atoms with Gasteiger partial charge in [0, 0.05) is 11.3 Å². The Bertz CT molecular complexity index is 1600. The third-order valence-electron chi connectivity index (χ3n) is 6.47. The summed E-state index contributed by atoms with van der Waals surface area (Å²) >= 11 is 12.2. The summed E-state index contributed by atoms with van der Waals surface area (Å²) in [7, 11) is -3.14. The van der Waals surface area contributed by atoms with Crippen LogP contribution in [-0.2, 0) is 16.3 Å². The Balaban J connectivity index is 1.66. The Morgan fingerprint density at radius 1 is 1.11 bits per heavy atom. The van der Waals surface area contributed by atoms with E-state index in [9.17, 15) is 13.2 Å². The van der Waals surface area contributed by atoms with Crippen molar-refractivity contribution in [1.29, 1.82) is 0 Å².